The van der Waals surface area contributed by atoms with Crippen molar-refractivity contribution in [3.05, 3.63) is 0 Å². The van der Waals surface area contributed by atoms with Gasteiger partial charge in [0.2, 0.25) is 0 Å². The molecule has 0 amide bonds. The standard InChI is InChI=1S/C4H10.CHF3O4S.2H2O/c1-3-4-2;2-1(3,4)8-9(5,6)7;;/h3-4H2,1-2H3;(H,5,6,7);2*1H2. The van der Waals surface area contributed by atoms with Gasteiger partial charge in [-0.2, -0.15) is 8.42 Å². The molecular weight excluding hydrogens is 245 g/mol. The van der Waals surface area contributed by atoms with Crippen LogP contribution in [0.15, 0.2) is 0 Å². The summed E-state index contributed by atoms with van der Waals surface area (Å²) in [7, 11) is -5.41. The summed E-state index contributed by atoms with van der Waals surface area (Å²) in [5.41, 5.74) is 0. The largest absolute Gasteiger partial charge is 0.538 e. The zero-order valence-electron chi connectivity index (χ0n) is 8.13. The Morgan fingerprint density at radius 1 is 1.13 bits per heavy atom. The van der Waals surface area contributed by atoms with Crippen LogP contribution in [-0.4, -0.2) is 30.3 Å². The van der Waals surface area contributed by atoms with Gasteiger partial charge in [0.1, 0.15) is 0 Å². The van der Waals surface area contributed by atoms with E-state index in [1.807, 2.05) is 0 Å². The van der Waals surface area contributed by atoms with Gasteiger partial charge in [0.25, 0.3) is 0 Å². The van der Waals surface area contributed by atoms with Crippen LogP contribution >= 0.6 is 0 Å². The van der Waals surface area contributed by atoms with Crippen molar-refractivity contribution in [2.24, 2.45) is 0 Å². The molecule has 0 unspecified atom stereocenters. The van der Waals surface area contributed by atoms with E-state index in [-0.39, 0.29) is 11.0 Å². The van der Waals surface area contributed by atoms with Gasteiger partial charge in [-0.05, 0) is 0 Å². The van der Waals surface area contributed by atoms with E-state index in [9.17, 15) is 21.6 Å². The van der Waals surface area contributed by atoms with Crippen molar-refractivity contribution >= 4 is 10.4 Å². The molecule has 0 saturated heterocycles. The first-order chi connectivity index (χ1) is 5.62. The molecule has 6 nitrogen and oxygen atoms in total. The van der Waals surface area contributed by atoms with Crippen molar-refractivity contribution in [2.45, 2.75) is 33.1 Å². The average Bonchev–Trinajstić information content (AvgIpc) is 1.80. The minimum atomic E-state index is -5.41. The topological polar surface area (TPSA) is 127 Å². The van der Waals surface area contributed by atoms with Gasteiger partial charge in [0.15, 0.2) is 0 Å². The number of hydrogen-bond acceptors (Lipinski definition) is 3. The molecule has 0 spiro atoms. The van der Waals surface area contributed by atoms with Gasteiger partial charge < -0.3 is 11.0 Å². The van der Waals surface area contributed by atoms with Gasteiger partial charge in [-0.3, -0.25) is 4.55 Å². The highest BCUT2D eigenvalue weighted by atomic mass is 32.3. The second kappa shape index (κ2) is 10.1. The van der Waals surface area contributed by atoms with Crippen molar-refractivity contribution in [1.29, 1.82) is 0 Å². The minimum Gasteiger partial charge on any atom is -0.412 e. The second-order valence-corrected chi connectivity index (χ2v) is 2.98. The van der Waals surface area contributed by atoms with Crippen LogP contribution in [0.3, 0.4) is 0 Å². The molecule has 0 heterocycles. The van der Waals surface area contributed by atoms with Gasteiger partial charge in [-0.25, -0.2) is 0 Å². The molecular formula is C5H15F3O6S. The van der Waals surface area contributed by atoms with Crippen molar-refractivity contribution in [3.8, 4) is 0 Å². The van der Waals surface area contributed by atoms with Gasteiger partial charge in [0.05, 0.1) is 0 Å². The third-order valence-corrected chi connectivity index (χ3v) is 1.10. The molecule has 0 aliphatic heterocycles. The molecule has 0 aromatic heterocycles. The van der Waals surface area contributed by atoms with E-state index < -0.39 is 16.8 Å². The third-order valence-electron chi connectivity index (χ3n) is 0.700. The van der Waals surface area contributed by atoms with E-state index in [2.05, 4.69) is 18.0 Å². The lowest BCUT2D eigenvalue weighted by Gasteiger charge is -2.00. The summed E-state index contributed by atoms with van der Waals surface area (Å²) in [6.45, 7) is 4.36. The highest BCUT2D eigenvalue weighted by Gasteiger charge is 2.35. The van der Waals surface area contributed by atoms with Gasteiger partial charge >= 0.3 is 16.8 Å². The summed E-state index contributed by atoms with van der Waals surface area (Å²) >= 11 is 0. The summed E-state index contributed by atoms with van der Waals surface area (Å²) in [4.78, 5) is 0. The molecule has 15 heavy (non-hydrogen) atoms. The quantitative estimate of drug-likeness (QED) is 0.724. The summed E-state index contributed by atoms with van der Waals surface area (Å²) in [6, 6.07) is 0. The van der Waals surface area contributed by atoms with Gasteiger partial charge in [-0.15, -0.1) is 17.4 Å². The smallest absolute Gasteiger partial charge is 0.412 e. The Morgan fingerprint density at radius 3 is 1.40 bits per heavy atom. The number of alkyl halides is 3. The van der Waals surface area contributed by atoms with E-state index in [0.717, 1.165) is 0 Å². The van der Waals surface area contributed by atoms with E-state index in [1.165, 1.54) is 12.8 Å². The maximum Gasteiger partial charge on any atom is 0.538 e. The Hall–Kier alpha value is -0.420. The lowest BCUT2D eigenvalue weighted by Crippen LogP contribution is -2.18. The normalized spacial score (nSPS) is 10.3. The Morgan fingerprint density at radius 2 is 1.40 bits per heavy atom. The minimum absolute atomic E-state index is 0. The highest BCUT2D eigenvalue weighted by Crippen LogP contribution is 2.17. The van der Waals surface area contributed by atoms with Crippen molar-refractivity contribution in [3.63, 3.8) is 0 Å². The first-order valence-corrected chi connectivity index (χ1v) is 4.73. The van der Waals surface area contributed by atoms with Gasteiger partial charge in [-0.1, -0.05) is 26.7 Å². The first kappa shape index (κ1) is 24.0. The van der Waals surface area contributed by atoms with Crippen LogP contribution in [0.5, 0.6) is 0 Å². The predicted octanol–water partition coefficient (Wildman–Crippen LogP) is 0.483. The van der Waals surface area contributed by atoms with E-state index in [4.69, 9.17) is 4.55 Å². The lowest BCUT2D eigenvalue weighted by atomic mass is 10.4. The molecule has 0 aromatic rings. The average molecular weight is 260 g/mol. The van der Waals surface area contributed by atoms with Crippen molar-refractivity contribution in [2.75, 3.05) is 0 Å². The van der Waals surface area contributed by atoms with Crippen LogP contribution in [-0.2, 0) is 14.6 Å². The summed E-state index contributed by atoms with van der Waals surface area (Å²) in [5, 5.41) is 0. The summed E-state index contributed by atoms with van der Waals surface area (Å²) < 4.78 is 60.4. The molecule has 0 aliphatic rings. The molecule has 5 N–H and O–H groups in total. The number of halogens is 3. The zero-order chi connectivity index (χ0) is 11.1. The second-order valence-electron chi connectivity index (χ2n) is 1.96. The molecule has 0 saturated carbocycles. The number of unbranched alkanes of at least 4 members (excludes halogenated alkanes) is 1. The Balaban J connectivity index is -0.0000000883. The zero-order valence-corrected chi connectivity index (χ0v) is 8.94. The first-order valence-electron chi connectivity index (χ1n) is 3.37. The van der Waals surface area contributed by atoms with Crippen LogP contribution < -0.4 is 0 Å². The molecule has 0 aliphatic carbocycles. The summed E-state index contributed by atoms with van der Waals surface area (Å²) in [5.74, 6) is 0. The lowest BCUT2D eigenvalue weighted by molar-refractivity contribution is -0.274. The maximum atomic E-state index is 10.8. The fourth-order valence-electron chi connectivity index (χ4n) is 0.119. The Kier molecular flexibility index (Phi) is 16.2. The molecule has 98 valence electrons. The number of rotatable bonds is 2. The number of hydrogen-bond donors (Lipinski definition) is 1. The van der Waals surface area contributed by atoms with Crippen LogP contribution in [0, 0.1) is 0 Å². The molecule has 0 atom stereocenters. The van der Waals surface area contributed by atoms with Crippen molar-refractivity contribution in [1.82, 2.24) is 0 Å². The molecule has 0 fully saturated rings. The van der Waals surface area contributed by atoms with Crippen LogP contribution in [0.25, 0.3) is 0 Å². The van der Waals surface area contributed by atoms with Crippen molar-refractivity contribution < 1.29 is 41.3 Å². The van der Waals surface area contributed by atoms with E-state index in [1.54, 1.807) is 0 Å². The van der Waals surface area contributed by atoms with E-state index in [0.29, 0.717) is 0 Å². The van der Waals surface area contributed by atoms with Crippen LogP contribution in [0.4, 0.5) is 13.2 Å². The van der Waals surface area contributed by atoms with Gasteiger partial charge in [0, 0.05) is 0 Å². The third kappa shape index (κ3) is 42.1. The molecule has 0 rings (SSSR count). The molecule has 10 heteroatoms. The molecule has 0 aromatic carbocycles. The van der Waals surface area contributed by atoms with Crippen LogP contribution in [0.2, 0.25) is 0 Å². The maximum absolute atomic E-state index is 10.8. The predicted molar refractivity (Wildman–Crippen MR) is 46.5 cm³/mol. The van der Waals surface area contributed by atoms with Crippen LogP contribution in [0.1, 0.15) is 26.7 Å². The fraction of sp³-hybridized carbons (Fsp3) is 1.00. The summed E-state index contributed by atoms with van der Waals surface area (Å²) in [6.07, 6.45) is -2.71. The molecule has 0 radical (unpaired) electrons. The fourth-order valence-corrected chi connectivity index (χ4v) is 0.358. The van der Waals surface area contributed by atoms with E-state index >= 15 is 0 Å². The highest BCUT2D eigenvalue weighted by molar-refractivity contribution is 7.80. The molecule has 0 bridgehead atoms. The Bertz CT molecular complexity index is 209. The monoisotopic (exact) mass is 260 g/mol. The SMILES string of the molecule is CCCC.O.O.O=S(=O)(O)OC(F)(F)F. The Labute approximate surface area is 85.6 Å².